The molecule has 2 nitrogen and oxygen atoms in total. The molecule has 0 bridgehead atoms. The van der Waals surface area contributed by atoms with Crippen molar-refractivity contribution in [1.29, 1.82) is 0 Å². The first-order chi connectivity index (χ1) is 7.98. The van der Waals surface area contributed by atoms with E-state index in [-0.39, 0.29) is 24.7 Å². The Morgan fingerprint density at radius 2 is 1.65 bits per heavy atom. The second-order valence-electron chi connectivity index (χ2n) is 5.13. The third-order valence-electron chi connectivity index (χ3n) is 3.80. The summed E-state index contributed by atoms with van der Waals surface area (Å²) in [6.45, 7) is 1.53. The molecule has 17 heavy (non-hydrogen) atoms. The van der Waals surface area contributed by atoms with E-state index < -0.39 is 5.92 Å². The summed E-state index contributed by atoms with van der Waals surface area (Å²) in [4.78, 5) is 14.5. The van der Waals surface area contributed by atoms with E-state index >= 15 is 0 Å². The Kier molecular flexibility index (Phi) is 4.06. The Labute approximate surface area is 109 Å². The molecular formula is C12H18BrF2NO. The third kappa shape index (κ3) is 3.39. The van der Waals surface area contributed by atoms with Gasteiger partial charge < -0.3 is 4.90 Å². The number of nitrogens with zero attached hydrogens (tertiary/aromatic N) is 1. The molecule has 1 saturated carbocycles. The van der Waals surface area contributed by atoms with E-state index in [1.807, 2.05) is 4.90 Å². The fourth-order valence-corrected chi connectivity index (χ4v) is 3.02. The van der Waals surface area contributed by atoms with Crippen LogP contribution in [0.5, 0.6) is 0 Å². The number of hydrogen-bond acceptors (Lipinski definition) is 1. The van der Waals surface area contributed by atoms with Gasteiger partial charge >= 0.3 is 0 Å². The van der Waals surface area contributed by atoms with E-state index in [1.54, 1.807) is 0 Å². The van der Waals surface area contributed by atoms with E-state index in [2.05, 4.69) is 15.9 Å². The summed E-state index contributed by atoms with van der Waals surface area (Å²) in [5.41, 5.74) is 0. The van der Waals surface area contributed by atoms with E-state index in [9.17, 15) is 13.6 Å². The van der Waals surface area contributed by atoms with Crippen LogP contribution in [0.1, 0.15) is 38.5 Å². The van der Waals surface area contributed by atoms with Gasteiger partial charge in [-0.25, -0.2) is 8.78 Å². The molecule has 0 unspecified atom stereocenters. The number of likely N-dealkylation sites (tertiary alicyclic amines) is 1. The smallest absolute Gasteiger partial charge is 0.248 e. The highest BCUT2D eigenvalue weighted by molar-refractivity contribution is 9.09. The largest absolute Gasteiger partial charge is 0.342 e. The first-order valence-corrected chi connectivity index (χ1v) is 7.20. The van der Waals surface area contributed by atoms with Crippen molar-refractivity contribution in [3.63, 3.8) is 0 Å². The van der Waals surface area contributed by atoms with Crippen LogP contribution in [0, 0.1) is 5.92 Å². The van der Waals surface area contributed by atoms with Gasteiger partial charge in [0, 0.05) is 36.7 Å². The monoisotopic (exact) mass is 309 g/mol. The van der Waals surface area contributed by atoms with Crippen molar-refractivity contribution in [2.24, 2.45) is 5.92 Å². The highest BCUT2D eigenvalue weighted by Gasteiger charge is 2.38. The Morgan fingerprint density at radius 3 is 2.18 bits per heavy atom. The summed E-state index contributed by atoms with van der Waals surface area (Å²) >= 11 is 3.54. The van der Waals surface area contributed by atoms with Gasteiger partial charge in [-0.3, -0.25) is 4.79 Å². The fourth-order valence-electron chi connectivity index (χ4n) is 2.61. The van der Waals surface area contributed by atoms with Crippen LogP contribution in [-0.4, -0.2) is 34.6 Å². The second kappa shape index (κ2) is 5.21. The minimum Gasteiger partial charge on any atom is -0.342 e. The number of piperidine rings is 1. The van der Waals surface area contributed by atoms with Crippen LogP contribution in [0.4, 0.5) is 8.78 Å². The topological polar surface area (TPSA) is 20.3 Å². The van der Waals surface area contributed by atoms with Gasteiger partial charge in [0.15, 0.2) is 0 Å². The summed E-state index contributed by atoms with van der Waals surface area (Å²) in [6.07, 6.45) is 2.38. The van der Waals surface area contributed by atoms with Gasteiger partial charge in [-0.15, -0.1) is 0 Å². The average Bonchev–Trinajstić information content (AvgIpc) is 2.29. The van der Waals surface area contributed by atoms with Gasteiger partial charge in [-0.2, -0.15) is 0 Å². The summed E-state index contributed by atoms with van der Waals surface area (Å²) in [6, 6.07) is 0. The number of carbonyl (C=O) groups is 1. The normalized spacial score (nSPS) is 27.1. The maximum atomic E-state index is 13.0. The van der Waals surface area contributed by atoms with Crippen LogP contribution < -0.4 is 0 Å². The van der Waals surface area contributed by atoms with Crippen LogP contribution in [0.2, 0.25) is 0 Å². The Morgan fingerprint density at radius 1 is 1.12 bits per heavy atom. The lowest BCUT2D eigenvalue weighted by Crippen LogP contribution is -2.43. The van der Waals surface area contributed by atoms with Gasteiger partial charge in [-0.1, -0.05) is 15.9 Å². The number of amides is 1. The summed E-state index contributed by atoms with van der Waals surface area (Å²) in [5.74, 6) is -2.61. The van der Waals surface area contributed by atoms with E-state index in [0.29, 0.717) is 17.7 Å². The molecular weight excluding hydrogens is 292 g/mol. The maximum absolute atomic E-state index is 13.0. The molecule has 2 aliphatic rings. The predicted molar refractivity (Wildman–Crippen MR) is 65.4 cm³/mol. The molecule has 0 aromatic rings. The fraction of sp³-hybridized carbons (Fsp3) is 0.917. The standard InChI is InChI=1S/C12H18BrF2NO/c13-10-3-7-16(8-4-10)11(17)9-1-5-12(14,15)6-2-9/h9-10H,1-8H2. The molecule has 5 heteroatoms. The zero-order chi connectivity index (χ0) is 12.5. The van der Waals surface area contributed by atoms with Gasteiger partial charge in [-0.05, 0) is 25.7 Å². The zero-order valence-corrected chi connectivity index (χ0v) is 11.4. The molecule has 2 rings (SSSR count). The highest BCUT2D eigenvalue weighted by Crippen LogP contribution is 2.37. The van der Waals surface area contributed by atoms with Crippen molar-refractivity contribution in [3.05, 3.63) is 0 Å². The lowest BCUT2D eigenvalue weighted by molar-refractivity contribution is -0.140. The third-order valence-corrected chi connectivity index (χ3v) is 4.72. The van der Waals surface area contributed by atoms with E-state index in [4.69, 9.17) is 0 Å². The van der Waals surface area contributed by atoms with Crippen molar-refractivity contribution in [1.82, 2.24) is 4.90 Å². The minimum absolute atomic E-state index is 0.0971. The second-order valence-corrected chi connectivity index (χ2v) is 6.43. The van der Waals surface area contributed by atoms with Crippen molar-refractivity contribution in [2.45, 2.75) is 49.3 Å². The molecule has 0 aromatic carbocycles. The van der Waals surface area contributed by atoms with Gasteiger partial charge in [0.1, 0.15) is 0 Å². The first-order valence-electron chi connectivity index (χ1n) is 6.29. The molecule has 1 saturated heterocycles. The summed E-state index contributed by atoms with van der Waals surface area (Å²) < 4.78 is 26.0. The van der Waals surface area contributed by atoms with Crippen LogP contribution >= 0.6 is 15.9 Å². The lowest BCUT2D eigenvalue weighted by atomic mass is 9.85. The number of carbonyl (C=O) groups excluding carboxylic acids is 1. The molecule has 98 valence electrons. The Balaban J connectivity index is 1.84. The maximum Gasteiger partial charge on any atom is 0.248 e. The van der Waals surface area contributed by atoms with E-state index in [0.717, 1.165) is 25.9 Å². The predicted octanol–water partition coefficient (Wildman–Crippen LogP) is 3.20. The molecule has 0 spiro atoms. The Hall–Kier alpha value is -0.190. The molecule has 1 aliphatic carbocycles. The quantitative estimate of drug-likeness (QED) is 0.681. The molecule has 1 aliphatic heterocycles. The van der Waals surface area contributed by atoms with Crippen molar-refractivity contribution >= 4 is 21.8 Å². The highest BCUT2D eigenvalue weighted by atomic mass is 79.9. The molecule has 0 atom stereocenters. The molecule has 0 aromatic heterocycles. The van der Waals surface area contributed by atoms with E-state index in [1.165, 1.54) is 0 Å². The number of hydrogen-bond donors (Lipinski definition) is 0. The van der Waals surface area contributed by atoms with Gasteiger partial charge in [0.2, 0.25) is 11.8 Å². The zero-order valence-electron chi connectivity index (χ0n) is 9.80. The average molecular weight is 310 g/mol. The van der Waals surface area contributed by atoms with Crippen LogP contribution in [0.15, 0.2) is 0 Å². The van der Waals surface area contributed by atoms with Crippen molar-refractivity contribution in [3.8, 4) is 0 Å². The number of alkyl halides is 3. The molecule has 1 amide bonds. The molecule has 2 fully saturated rings. The summed E-state index contributed by atoms with van der Waals surface area (Å²) in [7, 11) is 0. The SMILES string of the molecule is O=C(C1CCC(F)(F)CC1)N1CCC(Br)CC1. The number of halogens is 3. The Bertz CT molecular complexity index is 280. The number of rotatable bonds is 1. The first kappa shape index (κ1) is 13.2. The lowest BCUT2D eigenvalue weighted by Gasteiger charge is -2.35. The van der Waals surface area contributed by atoms with Crippen molar-refractivity contribution in [2.75, 3.05) is 13.1 Å². The minimum atomic E-state index is -2.54. The molecule has 0 radical (unpaired) electrons. The van der Waals surface area contributed by atoms with Gasteiger partial charge in [0.05, 0.1) is 0 Å². The van der Waals surface area contributed by atoms with Crippen LogP contribution in [0.3, 0.4) is 0 Å². The van der Waals surface area contributed by atoms with Crippen LogP contribution in [-0.2, 0) is 4.79 Å². The molecule has 1 heterocycles. The van der Waals surface area contributed by atoms with Gasteiger partial charge in [0.25, 0.3) is 0 Å². The molecule has 0 N–H and O–H groups in total. The summed E-state index contributed by atoms with van der Waals surface area (Å²) in [5, 5.41) is 0. The van der Waals surface area contributed by atoms with Crippen molar-refractivity contribution < 1.29 is 13.6 Å². The van der Waals surface area contributed by atoms with Crippen LogP contribution in [0.25, 0.3) is 0 Å².